The molecule has 2 rings (SSSR count). The molecule has 0 aliphatic heterocycles. The van der Waals surface area contributed by atoms with Crippen LogP contribution in [0.4, 0.5) is 4.39 Å². The number of nitrogens with zero attached hydrogens (tertiary/aromatic N) is 4. The minimum absolute atomic E-state index is 0. The highest BCUT2D eigenvalue weighted by Crippen LogP contribution is 2.16. The van der Waals surface area contributed by atoms with Crippen LogP contribution in [0.1, 0.15) is 42.2 Å². The number of ether oxygens (including phenoxy) is 1. The van der Waals surface area contributed by atoms with Gasteiger partial charge in [-0.25, -0.2) is 9.38 Å². The standard InChI is InChI=1S/C19H29FN6O.HI/c1-13-7-8-16(11-17(13)20)14(2)23-19(21-9-6-10-27-5)22-12-18-25-24-15(3)26(18)4;/h7-8,11,14H,6,9-10,12H2,1-5H3,(H2,21,22,23);1H. The van der Waals surface area contributed by atoms with Gasteiger partial charge in [-0.1, -0.05) is 12.1 Å². The molecule has 1 aromatic carbocycles. The summed E-state index contributed by atoms with van der Waals surface area (Å²) in [7, 11) is 3.59. The van der Waals surface area contributed by atoms with Crippen LogP contribution in [0.2, 0.25) is 0 Å². The number of hydrogen-bond donors (Lipinski definition) is 2. The molecular formula is C19H30FIN6O. The van der Waals surface area contributed by atoms with Crippen molar-refractivity contribution in [3.05, 3.63) is 46.8 Å². The van der Waals surface area contributed by atoms with E-state index in [9.17, 15) is 4.39 Å². The van der Waals surface area contributed by atoms with Crippen LogP contribution in [0.15, 0.2) is 23.2 Å². The van der Waals surface area contributed by atoms with Crippen LogP contribution >= 0.6 is 24.0 Å². The molecule has 1 aromatic heterocycles. The third-order valence-corrected chi connectivity index (χ3v) is 4.43. The Kier molecular flexibility index (Phi) is 10.4. The maximum absolute atomic E-state index is 13.9. The topological polar surface area (TPSA) is 76.4 Å². The summed E-state index contributed by atoms with van der Waals surface area (Å²) in [5.74, 6) is 2.05. The van der Waals surface area contributed by atoms with E-state index in [2.05, 4.69) is 25.8 Å². The fourth-order valence-electron chi connectivity index (χ4n) is 2.48. The van der Waals surface area contributed by atoms with Crippen molar-refractivity contribution >= 4 is 29.9 Å². The van der Waals surface area contributed by atoms with E-state index in [0.717, 1.165) is 23.6 Å². The van der Waals surface area contributed by atoms with Gasteiger partial charge in [0.1, 0.15) is 18.2 Å². The second kappa shape index (κ2) is 11.9. The van der Waals surface area contributed by atoms with Crippen LogP contribution in [-0.4, -0.2) is 41.0 Å². The zero-order valence-electron chi connectivity index (χ0n) is 17.1. The first-order chi connectivity index (χ1) is 12.9. The average molecular weight is 504 g/mol. The molecule has 0 saturated heterocycles. The Morgan fingerprint density at radius 3 is 2.68 bits per heavy atom. The van der Waals surface area contributed by atoms with E-state index in [1.807, 2.05) is 31.5 Å². The Hall–Kier alpha value is -1.75. The van der Waals surface area contributed by atoms with Gasteiger partial charge >= 0.3 is 0 Å². The van der Waals surface area contributed by atoms with Gasteiger partial charge in [-0.2, -0.15) is 0 Å². The van der Waals surface area contributed by atoms with E-state index in [0.29, 0.717) is 31.2 Å². The zero-order chi connectivity index (χ0) is 19.8. The van der Waals surface area contributed by atoms with Crippen molar-refractivity contribution in [1.82, 2.24) is 25.4 Å². The summed E-state index contributed by atoms with van der Waals surface area (Å²) in [6.07, 6.45) is 0.855. The van der Waals surface area contributed by atoms with Gasteiger partial charge in [-0.3, -0.25) is 0 Å². The van der Waals surface area contributed by atoms with Crippen molar-refractivity contribution in [2.75, 3.05) is 20.3 Å². The monoisotopic (exact) mass is 504 g/mol. The third-order valence-electron chi connectivity index (χ3n) is 4.43. The lowest BCUT2D eigenvalue weighted by Crippen LogP contribution is -2.39. The first-order valence-corrected chi connectivity index (χ1v) is 9.07. The third kappa shape index (κ3) is 7.01. The van der Waals surface area contributed by atoms with Crippen LogP contribution < -0.4 is 10.6 Å². The number of aryl methyl sites for hydroxylation is 2. The number of methoxy groups -OCH3 is 1. The van der Waals surface area contributed by atoms with Crippen LogP contribution in [0.3, 0.4) is 0 Å². The highest BCUT2D eigenvalue weighted by molar-refractivity contribution is 14.0. The number of guanidine groups is 1. The van der Waals surface area contributed by atoms with Crippen molar-refractivity contribution < 1.29 is 9.13 Å². The van der Waals surface area contributed by atoms with E-state index in [4.69, 9.17) is 4.74 Å². The van der Waals surface area contributed by atoms with Gasteiger partial charge in [0.15, 0.2) is 11.8 Å². The predicted molar refractivity (Wildman–Crippen MR) is 119 cm³/mol. The first-order valence-electron chi connectivity index (χ1n) is 9.07. The van der Waals surface area contributed by atoms with Gasteiger partial charge in [-0.15, -0.1) is 34.2 Å². The summed E-state index contributed by atoms with van der Waals surface area (Å²) in [4.78, 5) is 4.61. The Bertz CT molecular complexity index is 780. The Morgan fingerprint density at radius 2 is 2.07 bits per heavy atom. The highest BCUT2D eigenvalue weighted by atomic mass is 127. The molecule has 7 nitrogen and oxygen atoms in total. The van der Waals surface area contributed by atoms with E-state index < -0.39 is 0 Å². The van der Waals surface area contributed by atoms with Crippen LogP contribution in [0.5, 0.6) is 0 Å². The summed E-state index contributed by atoms with van der Waals surface area (Å²) in [6.45, 7) is 7.41. The quantitative estimate of drug-likeness (QED) is 0.250. The molecule has 1 unspecified atom stereocenters. The summed E-state index contributed by atoms with van der Waals surface area (Å²) >= 11 is 0. The molecule has 2 aromatic rings. The van der Waals surface area contributed by atoms with Crippen LogP contribution in [0.25, 0.3) is 0 Å². The zero-order valence-corrected chi connectivity index (χ0v) is 19.5. The normalized spacial score (nSPS) is 12.4. The molecule has 1 heterocycles. The van der Waals surface area contributed by atoms with Gasteiger partial charge < -0.3 is 19.9 Å². The van der Waals surface area contributed by atoms with Gasteiger partial charge in [0.25, 0.3) is 0 Å². The van der Waals surface area contributed by atoms with Gasteiger partial charge in [0.05, 0.1) is 6.04 Å². The molecule has 156 valence electrons. The summed E-state index contributed by atoms with van der Waals surface area (Å²) in [6, 6.07) is 5.16. The maximum atomic E-state index is 13.9. The number of benzene rings is 1. The van der Waals surface area contributed by atoms with Crippen molar-refractivity contribution in [2.24, 2.45) is 12.0 Å². The van der Waals surface area contributed by atoms with E-state index in [1.54, 1.807) is 26.2 Å². The average Bonchev–Trinajstić information content (AvgIpc) is 2.97. The molecule has 28 heavy (non-hydrogen) atoms. The SMILES string of the molecule is COCCCNC(=NCc1nnc(C)n1C)NC(C)c1ccc(C)c(F)c1.I. The molecule has 0 spiro atoms. The van der Waals surface area contributed by atoms with Gasteiger partial charge in [-0.05, 0) is 44.4 Å². The summed E-state index contributed by atoms with van der Waals surface area (Å²) < 4.78 is 20.9. The fraction of sp³-hybridized carbons (Fsp3) is 0.526. The lowest BCUT2D eigenvalue weighted by molar-refractivity contribution is 0.195. The molecule has 0 amide bonds. The number of halogens is 2. The predicted octanol–water partition coefficient (Wildman–Crippen LogP) is 3.02. The maximum Gasteiger partial charge on any atom is 0.192 e. The first kappa shape index (κ1) is 24.3. The highest BCUT2D eigenvalue weighted by Gasteiger charge is 2.11. The van der Waals surface area contributed by atoms with Gasteiger partial charge in [0, 0.05) is 27.3 Å². The molecule has 0 bridgehead atoms. The summed E-state index contributed by atoms with van der Waals surface area (Å²) in [5.41, 5.74) is 1.49. The molecule has 0 fully saturated rings. The number of hydrogen-bond acceptors (Lipinski definition) is 4. The van der Waals surface area contributed by atoms with E-state index in [-0.39, 0.29) is 35.8 Å². The number of nitrogens with one attached hydrogen (secondary N) is 2. The minimum Gasteiger partial charge on any atom is -0.385 e. The van der Waals surface area contributed by atoms with Crippen molar-refractivity contribution in [3.8, 4) is 0 Å². The van der Waals surface area contributed by atoms with E-state index >= 15 is 0 Å². The number of aromatic nitrogens is 3. The second-order valence-electron chi connectivity index (χ2n) is 6.54. The Balaban J connectivity index is 0.00000392. The van der Waals surface area contributed by atoms with Crippen LogP contribution in [0, 0.1) is 19.7 Å². The van der Waals surface area contributed by atoms with Crippen LogP contribution in [-0.2, 0) is 18.3 Å². The van der Waals surface area contributed by atoms with Gasteiger partial charge in [0.2, 0.25) is 0 Å². The Labute approximate surface area is 183 Å². The lowest BCUT2D eigenvalue weighted by atomic mass is 10.1. The molecule has 1 atom stereocenters. The van der Waals surface area contributed by atoms with E-state index in [1.165, 1.54) is 0 Å². The molecule has 2 N–H and O–H groups in total. The molecule has 0 saturated carbocycles. The van der Waals surface area contributed by atoms with Crippen molar-refractivity contribution in [3.63, 3.8) is 0 Å². The molecule has 0 aliphatic rings. The largest absolute Gasteiger partial charge is 0.385 e. The molecule has 0 aliphatic carbocycles. The van der Waals surface area contributed by atoms with Crippen molar-refractivity contribution in [2.45, 2.75) is 39.8 Å². The smallest absolute Gasteiger partial charge is 0.192 e. The van der Waals surface area contributed by atoms with Crippen molar-refractivity contribution in [1.29, 1.82) is 0 Å². The lowest BCUT2D eigenvalue weighted by Gasteiger charge is -2.19. The Morgan fingerprint density at radius 1 is 1.32 bits per heavy atom. The fourth-order valence-corrected chi connectivity index (χ4v) is 2.48. The number of aliphatic imine (C=N–C) groups is 1. The minimum atomic E-state index is -0.206. The molecule has 9 heteroatoms. The summed E-state index contributed by atoms with van der Waals surface area (Å²) in [5, 5.41) is 14.8. The second-order valence-corrected chi connectivity index (χ2v) is 6.54. The molecule has 0 radical (unpaired) electrons. The number of rotatable bonds is 8. The molecular weight excluding hydrogens is 474 g/mol.